The second kappa shape index (κ2) is 5.76. The van der Waals surface area contributed by atoms with Crippen LogP contribution in [0.1, 0.15) is 0 Å². The summed E-state index contributed by atoms with van der Waals surface area (Å²) < 4.78 is 0. The maximum Gasteiger partial charge on any atom is 0.223 e. The molecular weight excluding hydrogens is 248 g/mol. The first-order chi connectivity index (χ1) is 7.81. The zero-order valence-electron chi connectivity index (χ0n) is 8.67. The molecule has 6 nitrogen and oxygen atoms in total. The monoisotopic (exact) mass is 262 g/mol. The summed E-state index contributed by atoms with van der Waals surface area (Å²) in [5, 5.41) is 4.01. The number of rotatable bonds is 5. The van der Waals surface area contributed by atoms with Gasteiger partial charge in [-0.05, 0) is 0 Å². The van der Waals surface area contributed by atoms with Crippen molar-refractivity contribution in [1.82, 2.24) is 20.9 Å². The lowest BCUT2D eigenvalue weighted by Crippen LogP contribution is -2.28. The summed E-state index contributed by atoms with van der Waals surface area (Å²) in [6.07, 6.45) is 1.63. The number of hydrogen-bond donors (Lipinski definition) is 2. The molecule has 2 N–H and O–H groups in total. The molecule has 0 aromatic heterocycles. The molecule has 0 spiro atoms. The van der Waals surface area contributed by atoms with Crippen molar-refractivity contribution in [3.63, 3.8) is 0 Å². The van der Waals surface area contributed by atoms with Crippen molar-refractivity contribution in [2.24, 2.45) is 0 Å². The highest BCUT2D eigenvalue weighted by atomic mass is 33.1. The van der Waals surface area contributed by atoms with Gasteiger partial charge in [0.25, 0.3) is 0 Å². The second-order valence-electron chi connectivity index (χ2n) is 3.68. The fourth-order valence-electron chi connectivity index (χ4n) is 1.58. The largest absolute Gasteiger partial charge is 0.279 e. The highest BCUT2D eigenvalue weighted by molar-refractivity contribution is 8.77. The molecule has 0 aromatic rings. The first-order valence-electron chi connectivity index (χ1n) is 5.05. The number of amides is 2. The topological polar surface area (TPSA) is 64.7 Å². The first kappa shape index (κ1) is 12.0. The van der Waals surface area contributed by atoms with Crippen molar-refractivity contribution in [3.05, 3.63) is 0 Å². The first-order valence-corrected chi connectivity index (χ1v) is 7.32. The molecule has 2 fully saturated rings. The Morgan fingerprint density at radius 2 is 1.38 bits per heavy atom. The van der Waals surface area contributed by atoms with Crippen LogP contribution in [-0.2, 0) is 9.59 Å². The Morgan fingerprint density at radius 1 is 0.938 bits per heavy atom. The third kappa shape index (κ3) is 3.03. The van der Waals surface area contributed by atoms with E-state index in [-0.39, 0.29) is 0 Å². The zero-order valence-corrected chi connectivity index (χ0v) is 10.3. The summed E-state index contributed by atoms with van der Waals surface area (Å²) in [4.78, 5) is 21.0. The van der Waals surface area contributed by atoms with Gasteiger partial charge in [-0.3, -0.25) is 19.6 Å². The lowest BCUT2D eigenvalue weighted by molar-refractivity contribution is -0.120. The lowest BCUT2D eigenvalue weighted by atomic mass is 10.4. The number of hydrogen-bond acceptors (Lipinski definition) is 6. The summed E-state index contributed by atoms with van der Waals surface area (Å²) in [6, 6.07) is 0. The van der Waals surface area contributed by atoms with Crippen LogP contribution in [0.4, 0.5) is 0 Å². The van der Waals surface area contributed by atoms with Crippen LogP contribution in [0.25, 0.3) is 0 Å². The number of hydrazine groups is 2. The van der Waals surface area contributed by atoms with E-state index in [0.29, 0.717) is 10.5 Å². The minimum absolute atomic E-state index is 0.431. The fourth-order valence-corrected chi connectivity index (χ4v) is 4.34. The van der Waals surface area contributed by atoms with Crippen molar-refractivity contribution in [2.45, 2.75) is 10.5 Å². The standard InChI is InChI=1S/C8H14N4O2S2/c13-5-11-3-7(1-9-11)15-16-8-2-10-12(4-8)6-14/h5-10H,1-4H2. The summed E-state index contributed by atoms with van der Waals surface area (Å²) in [5.74, 6) is 0. The van der Waals surface area contributed by atoms with E-state index in [1.165, 1.54) is 0 Å². The van der Waals surface area contributed by atoms with E-state index in [2.05, 4.69) is 10.9 Å². The van der Waals surface area contributed by atoms with E-state index < -0.39 is 0 Å². The van der Waals surface area contributed by atoms with Gasteiger partial charge < -0.3 is 0 Å². The van der Waals surface area contributed by atoms with Crippen molar-refractivity contribution in [3.8, 4) is 0 Å². The van der Waals surface area contributed by atoms with Crippen molar-refractivity contribution < 1.29 is 9.59 Å². The maximum atomic E-state index is 10.5. The molecule has 2 amide bonds. The Balaban J connectivity index is 1.65. The summed E-state index contributed by atoms with van der Waals surface area (Å²) in [5.41, 5.74) is 6.00. The Hall–Kier alpha value is -0.440. The van der Waals surface area contributed by atoms with Gasteiger partial charge in [0, 0.05) is 23.6 Å². The SMILES string of the molecule is O=CN1CC(SSC2CNN(C=O)C2)CN1. The quantitative estimate of drug-likeness (QED) is 0.492. The molecule has 2 aliphatic rings. The molecule has 2 rings (SSSR count). The molecule has 0 bridgehead atoms. The fraction of sp³-hybridized carbons (Fsp3) is 0.750. The average Bonchev–Trinajstić information content (AvgIpc) is 2.95. The molecular formula is C8H14N4O2S2. The zero-order chi connectivity index (χ0) is 11.4. The van der Waals surface area contributed by atoms with Crippen LogP contribution in [-0.4, -0.2) is 59.5 Å². The highest BCUT2D eigenvalue weighted by Crippen LogP contribution is 2.33. The number of nitrogens with one attached hydrogen (secondary N) is 2. The Bertz CT molecular complexity index is 242. The van der Waals surface area contributed by atoms with Crippen molar-refractivity contribution >= 4 is 34.4 Å². The van der Waals surface area contributed by atoms with Crippen LogP contribution in [0.3, 0.4) is 0 Å². The molecule has 2 heterocycles. The second-order valence-corrected chi connectivity index (χ2v) is 6.55. The van der Waals surface area contributed by atoms with E-state index >= 15 is 0 Å². The molecule has 2 atom stereocenters. The molecule has 0 radical (unpaired) electrons. The van der Waals surface area contributed by atoms with Crippen molar-refractivity contribution in [1.29, 1.82) is 0 Å². The van der Waals surface area contributed by atoms with E-state index in [1.54, 1.807) is 31.6 Å². The molecule has 16 heavy (non-hydrogen) atoms. The number of carbonyl (C=O) groups excluding carboxylic acids is 2. The van der Waals surface area contributed by atoms with Crippen LogP contribution in [0.15, 0.2) is 0 Å². The van der Waals surface area contributed by atoms with Gasteiger partial charge in [0.05, 0.1) is 13.1 Å². The summed E-state index contributed by atoms with van der Waals surface area (Å²) >= 11 is 0. The lowest BCUT2D eigenvalue weighted by Gasteiger charge is -2.11. The molecule has 0 aliphatic carbocycles. The predicted octanol–water partition coefficient (Wildman–Crippen LogP) is -0.942. The molecule has 2 saturated heterocycles. The smallest absolute Gasteiger partial charge is 0.223 e. The van der Waals surface area contributed by atoms with Gasteiger partial charge in [0.1, 0.15) is 0 Å². The third-order valence-corrected chi connectivity index (χ3v) is 5.68. The van der Waals surface area contributed by atoms with Crippen LogP contribution in [0, 0.1) is 0 Å². The number of nitrogens with zero attached hydrogens (tertiary/aromatic N) is 2. The highest BCUT2D eigenvalue weighted by Gasteiger charge is 2.26. The summed E-state index contributed by atoms with van der Waals surface area (Å²) in [7, 11) is 3.57. The van der Waals surface area contributed by atoms with E-state index in [4.69, 9.17) is 0 Å². The van der Waals surface area contributed by atoms with Crippen LogP contribution < -0.4 is 10.9 Å². The van der Waals surface area contributed by atoms with Crippen LogP contribution >= 0.6 is 21.6 Å². The van der Waals surface area contributed by atoms with Crippen LogP contribution in [0.5, 0.6) is 0 Å². The van der Waals surface area contributed by atoms with Crippen LogP contribution in [0.2, 0.25) is 0 Å². The van der Waals surface area contributed by atoms with E-state index in [0.717, 1.165) is 39.0 Å². The number of carbonyl (C=O) groups is 2. The minimum Gasteiger partial charge on any atom is -0.279 e. The molecule has 90 valence electrons. The molecule has 2 aliphatic heterocycles. The molecule has 2 unspecified atom stereocenters. The van der Waals surface area contributed by atoms with Gasteiger partial charge in [-0.1, -0.05) is 21.6 Å². The van der Waals surface area contributed by atoms with Gasteiger partial charge in [-0.15, -0.1) is 0 Å². The van der Waals surface area contributed by atoms with Gasteiger partial charge in [0.15, 0.2) is 0 Å². The third-order valence-electron chi connectivity index (χ3n) is 2.43. The Morgan fingerprint density at radius 3 is 1.69 bits per heavy atom. The van der Waals surface area contributed by atoms with Gasteiger partial charge in [0.2, 0.25) is 12.8 Å². The maximum absolute atomic E-state index is 10.5. The Kier molecular flexibility index (Phi) is 4.33. The normalized spacial score (nSPS) is 29.8. The Labute approximate surface area is 102 Å². The molecule has 0 aromatic carbocycles. The van der Waals surface area contributed by atoms with Crippen molar-refractivity contribution in [2.75, 3.05) is 26.2 Å². The van der Waals surface area contributed by atoms with Gasteiger partial charge >= 0.3 is 0 Å². The van der Waals surface area contributed by atoms with Gasteiger partial charge in [-0.2, -0.15) is 0 Å². The summed E-state index contributed by atoms with van der Waals surface area (Å²) in [6.45, 7) is 3.15. The molecule has 0 saturated carbocycles. The van der Waals surface area contributed by atoms with E-state index in [1.807, 2.05) is 0 Å². The average molecular weight is 262 g/mol. The predicted molar refractivity (Wildman–Crippen MR) is 64.3 cm³/mol. The van der Waals surface area contributed by atoms with E-state index in [9.17, 15) is 9.59 Å². The molecule has 8 heteroatoms. The minimum atomic E-state index is 0.431. The van der Waals surface area contributed by atoms with Gasteiger partial charge in [-0.25, -0.2) is 10.9 Å².